The number of hydrogen-bond donors (Lipinski definition) is 1. The van der Waals surface area contributed by atoms with Crippen LogP contribution in [-0.4, -0.2) is 14.9 Å². The highest BCUT2D eigenvalue weighted by Gasteiger charge is 2.19. The highest BCUT2D eigenvalue weighted by Crippen LogP contribution is 2.32. The molecule has 0 spiro atoms. The van der Waals surface area contributed by atoms with E-state index in [1.807, 2.05) is 23.9 Å². The molecule has 0 amide bonds. The zero-order valence-corrected chi connectivity index (χ0v) is 12.5. The van der Waals surface area contributed by atoms with Gasteiger partial charge in [0.1, 0.15) is 0 Å². The first-order chi connectivity index (χ1) is 8.54. The third-order valence-electron chi connectivity index (χ3n) is 2.79. The fourth-order valence-electron chi connectivity index (χ4n) is 1.88. The van der Waals surface area contributed by atoms with Crippen molar-refractivity contribution in [3.8, 4) is 0 Å². The van der Waals surface area contributed by atoms with Crippen molar-refractivity contribution in [3.63, 3.8) is 0 Å². The summed E-state index contributed by atoms with van der Waals surface area (Å²) in [5, 5.41) is 17.6. The van der Waals surface area contributed by atoms with E-state index in [1.165, 1.54) is 11.3 Å². The number of aryl methyl sites for hydroxylation is 2. The topological polar surface area (TPSA) is 38.0 Å². The predicted molar refractivity (Wildman–Crippen MR) is 75.6 cm³/mol. The van der Waals surface area contributed by atoms with Gasteiger partial charge in [-0.2, -0.15) is 5.10 Å². The number of aliphatic hydroxyl groups is 1. The molecule has 0 aromatic carbocycles. The van der Waals surface area contributed by atoms with Crippen molar-refractivity contribution in [2.24, 2.45) is 0 Å². The van der Waals surface area contributed by atoms with Crippen LogP contribution >= 0.6 is 34.5 Å². The van der Waals surface area contributed by atoms with E-state index in [4.69, 9.17) is 23.2 Å². The fraction of sp³-hybridized carbons (Fsp3) is 0.417. The van der Waals surface area contributed by atoms with Gasteiger partial charge < -0.3 is 5.11 Å². The van der Waals surface area contributed by atoms with Crippen molar-refractivity contribution in [3.05, 3.63) is 37.8 Å². The summed E-state index contributed by atoms with van der Waals surface area (Å²) in [4.78, 5) is 0.772. The number of thiophene rings is 1. The number of rotatable bonds is 4. The molecule has 3 nitrogen and oxygen atoms in total. The zero-order valence-electron chi connectivity index (χ0n) is 10.2. The molecule has 2 heterocycles. The van der Waals surface area contributed by atoms with Gasteiger partial charge in [-0.3, -0.25) is 4.68 Å². The molecule has 1 atom stereocenters. The lowest BCUT2D eigenvalue weighted by atomic mass is 10.1. The minimum absolute atomic E-state index is 0.424. The Balaban J connectivity index is 2.27. The van der Waals surface area contributed by atoms with Gasteiger partial charge in [-0.25, -0.2) is 0 Å². The van der Waals surface area contributed by atoms with E-state index in [-0.39, 0.29) is 0 Å². The van der Waals surface area contributed by atoms with Crippen LogP contribution in [0.1, 0.15) is 29.3 Å². The average molecular weight is 305 g/mol. The van der Waals surface area contributed by atoms with Crippen LogP contribution in [0.3, 0.4) is 0 Å². The first kappa shape index (κ1) is 13.9. The van der Waals surface area contributed by atoms with Crippen molar-refractivity contribution in [1.29, 1.82) is 0 Å². The summed E-state index contributed by atoms with van der Waals surface area (Å²) in [6, 6.07) is 1.79. The Hall–Kier alpha value is -0.550. The molecule has 0 aliphatic heterocycles. The summed E-state index contributed by atoms with van der Waals surface area (Å²) in [7, 11) is 0. The van der Waals surface area contributed by atoms with Crippen LogP contribution in [-0.2, 0) is 13.0 Å². The van der Waals surface area contributed by atoms with Crippen LogP contribution < -0.4 is 0 Å². The molecule has 2 rings (SSSR count). The van der Waals surface area contributed by atoms with Gasteiger partial charge in [-0.15, -0.1) is 11.3 Å². The molecule has 0 saturated heterocycles. The van der Waals surface area contributed by atoms with E-state index in [0.29, 0.717) is 16.5 Å². The predicted octanol–water partition coefficient (Wildman–Crippen LogP) is 3.86. The van der Waals surface area contributed by atoms with Crippen molar-refractivity contribution in [1.82, 2.24) is 9.78 Å². The largest absolute Gasteiger partial charge is 0.387 e. The van der Waals surface area contributed by atoms with Crippen LogP contribution in [0.2, 0.25) is 10.0 Å². The lowest BCUT2D eigenvalue weighted by Gasteiger charge is -2.11. The first-order valence-corrected chi connectivity index (χ1v) is 7.30. The van der Waals surface area contributed by atoms with Gasteiger partial charge in [0, 0.05) is 13.0 Å². The number of aromatic nitrogens is 2. The second-order valence-corrected chi connectivity index (χ2v) is 5.75. The lowest BCUT2D eigenvalue weighted by Crippen LogP contribution is -2.08. The summed E-state index contributed by atoms with van der Waals surface area (Å²) in [5.41, 5.74) is 1.65. The van der Waals surface area contributed by atoms with Crippen molar-refractivity contribution in [2.75, 3.05) is 0 Å². The molecule has 1 unspecified atom stereocenters. The van der Waals surface area contributed by atoms with Gasteiger partial charge in [-0.05, 0) is 25.3 Å². The second kappa shape index (κ2) is 5.61. The van der Waals surface area contributed by atoms with E-state index >= 15 is 0 Å². The van der Waals surface area contributed by atoms with Crippen LogP contribution in [0.5, 0.6) is 0 Å². The van der Waals surface area contributed by atoms with Gasteiger partial charge in [0.15, 0.2) is 0 Å². The highest BCUT2D eigenvalue weighted by atomic mass is 35.5. The Bertz CT molecular complexity index is 550. The maximum absolute atomic E-state index is 10.2. The molecule has 0 aliphatic carbocycles. The summed E-state index contributed by atoms with van der Waals surface area (Å²) in [6.45, 7) is 4.59. The van der Waals surface area contributed by atoms with E-state index in [2.05, 4.69) is 5.10 Å². The molecule has 2 aromatic rings. The van der Waals surface area contributed by atoms with Crippen molar-refractivity contribution >= 4 is 34.5 Å². The molecular weight excluding hydrogens is 291 g/mol. The normalized spacial score (nSPS) is 12.9. The van der Waals surface area contributed by atoms with E-state index < -0.39 is 6.10 Å². The Kier molecular flexibility index (Phi) is 4.33. The molecule has 0 aliphatic rings. The number of aliphatic hydroxyl groups excluding tert-OH is 1. The molecule has 98 valence electrons. The zero-order chi connectivity index (χ0) is 13.3. The van der Waals surface area contributed by atoms with Gasteiger partial charge >= 0.3 is 0 Å². The molecular formula is C12H14Cl2N2OS. The monoisotopic (exact) mass is 304 g/mol. The minimum Gasteiger partial charge on any atom is -0.387 e. The van der Waals surface area contributed by atoms with Gasteiger partial charge in [0.2, 0.25) is 0 Å². The number of nitrogens with zero attached hydrogens (tertiary/aromatic N) is 2. The summed E-state index contributed by atoms with van der Waals surface area (Å²) in [6.07, 6.45) is -0.218. The summed E-state index contributed by atoms with van der Waals surface area (Å²) in [5.74, 6) is 0. The molecule has 18 heavy (non-hydrogen) atoms. The quantitative estimate of drug-likeness (QED) is 0.931. The molecule has 1 N–H and O–H groups in total. The number of halogens is 2. The number of hydrogen-bond acceptors (Lipinski definition) is 3. The maximum Gasteiger partial charge on any atom is 0.0952 e. The second-order valence-electron chi connectivity index (χ2n) is 4.01. The first-order valence-electron chi connectivity index (χ1n) is 5.67. The van der Waals surface area contributed by atoms with Crippen LogP contribution in [0, 0.1) is 6.92 Å². The molecule has 0 saturated carbocycles. The van der Waals surface area contributed by atoms with Gasteiger partial charge in [-0.1, -0.05) is 23.2 Å². The van der Waals surface area contributed by atoms with Crippen LogP contribution in [0.25, 0.3) is 0 Å². The van der Waals surface area contributed by atoms with E-state index in [0.717, 1.165) is 22.8 Å². The fourth-order valence-corrected chi connectivity index (χ4v) is 3.26. The molecule has 6 heteroatoms. The summed E-state index contributed by atoms with van der Waals surface area (Å²) >= 11 is 13.7. The standard InChI is InChI=1S/C12H14Cl2N2OS/c1-3-16-9(11(14)7(2)15-16)6-10(17)12-8(13)4-5-18-12/h4-5,10,17H,3,6H2,1-2H3. The Morgan fingerprint density at radius 2 is 2.22 bits per heavy atom. The smallest absolute Gasteiger partial charge is 0.0952 e. The summed E-state index contributed by atoms with van der Waals surface area (Å²) < 4.78 is 1.82. The van der Waals surface area contributed by atoms with Crippen molar-refractivity contribution < 1.29 is 5.11 Å². The van der Waals surface area contributed by atoms with Crippen LogP contribution in [0.15, 0.2) is 11.4 Å². The molecule has 2 aromatic heterocycles. The van der Waals surface area contributed by atoms with E-state index in [1.54, 1.807) is 6.07 Å². The van der Waals surface area contributed by atoms with Crippen molar-refractivity contribution in [2.45, 2.75) is 32.9 Å². The van der Waals surface area contributed by atoms with Gasteiger partial charge in [0.05, 0.1) is 32.4 Å². The SMILES string of the molecule is CCn1nc(C)c(Cl)c1CC(O)c1sccc1Cl. The Labute approximate surface area is 120 Å². The highest BCUT2D eigenvalue weighted by molar-refractivity contribution is 7.10. The van der Waals surface area contributed by atoms with E-state index in [9.17, 15) is 5.11 Å². The average Bonchev–Trinajstić information content (AvgIpc) is 2.87. The third-order valence-corrected chi connectivity index (χ3v) is 4.74. The van der Waals surface area contributed by atoms with Gasteiger partial charge in [0.25, 0.3) is 0 Å². The molecule has 0 radical (unpaired) electrons. The third kappa shape index (κ3) is 2.57. The Morgan fingerprint density at radius 1 is 1.50 bits per heavy atom. The molecule has 0 bridgehead atoms. The maximum atomic E-state index is 10.2. The minimum atomic E-state index is -0.642. The Morgan fingerprint density at radius 3 is 2.78 bits per heavy atom. The molecule has 0 fully saturated rings. The lowest BCUT2D eigenvalue weighted by molar-refractivity contribution is 0.179. The van der Waals surface area contributed by atoms with Crippen LogP contribution in [0.4, 0.5) is 0 Å².